The van der Waals surface area contributed by atoms with Crippen molar-refractivity contribution in [1.82, 2.24) is 4.57 Å². The summed E-state index contributed by atoms with van der Waals surface area (Å²) in [7, 11) is 0. The second-order valence-corrected chi connectivity index (χ2v) is 8.40. The quantitative estimate of drug-likeness (QED) is 0.339. The Hall–Kier alpha value is -3.31. The predicted octanol–water partition coefficient (Wildman–Crippen LogP) is 5.88. The molecule has 0 unspecified atom stereocenters. The number of fused-ring (bicyclic) bond motifs is 1. The Bertz CT molecular complexity index is 1370. The summed E-state index contributed by atoms with van der Waals surface area (Å²) in [6.45, 7) is 3.24. The highest BCUT2D eigenvalue weighted by molar-refractivity contribution is 9.10. The summed E-state index contributed by atoms with van der Waals surface area (Å²) in [5.41, 5.74) is 3.21. The fourth-order valence-corrected chi connectivity index (χ4v) is 4.22. The molecule has 0 bridgehead atoms. The SMILES string of the molecule is CC(=O)c1ccc(Cn2c(C(C)=O)c(-c3ccccc3)c3cc(Br)ccc3c2=O)cc1. The molecule has 1 aromatic heterocycles. The monoisotopic (exact) mass is 473 g/mol. The molecule has 0 atom stereocenters. The van der Waals surface area contributed by atoms with Gasteiger partial charge < -0.3 is 0 Å². The summed E-state index contributed by atoms with van der Waals surface area (Å²) in [5.74, 6) is -0.200. The van der Waals surface area contributed by atoms with Crippen LogP contribution >= 0.6 is 15.9 Å². The zero-order valence-corrected chi connectivity index (χ0v) is 18.8. The van der Waals surface area contributed by atoms with Crippen molar-refractivity contribution in [2.45, 2.75) is 20.4 Å². The average Bonchev–Trinajstić information content (AvgIpc) is 2.76. The van der Waals surface area contributed by atoms with E-state index in [2.05, 4.69) is 15.9 Å². The molecule has 0 aliphatic carbocycles. The number of Topliss-reactive ketones (excluding diaryl/α,β-unsaturated/α-hetero) is 2. The number of aromatic nitrogens is 1. The minimum atomic E-state index is -0.219. The van der Waals surface area contributed by atoms with Gasteiger partial charge in [-0.1, -0.05) is 70.5 Å². The summed E-state index contributed by atoms with van der Waals surface area (Å²) in [5, 5.41) is 1.28. The molecular formula is C26H20BrNO3. The zero-order chi connectivity index (χ0) is 22.1. The number of carbonyl (C=O) groups excluding carboxylic acids is 2. The Labute approximate surface area is 188 Å². The molecule has 0 saturated heterocycles. The van der Waals surface area contributed by atoms with Gasteiger partial charge in [-0.2, -0.15) is 0 Å². The van der Waals surface area contributed by atoms with Gasteiger partial charge in [0.2, 0.25) is 0 Å². The third kappa shape index (κ3) is 4.01. The van der Waals surface area contributed by atoms with Gasteiger partial charge in [0.25, 0.3) is 5.56 Å². The van der Waals surface area contributed by atoms with Crippen LogP contribution in [0.1, 0.15) is 40.3 Å². The van der Waals surface area contributed by atoms with Gasteiger partial charge >= 0.3 is 0 Å². The van der Waals surface area contributed by atoms with Crippen molar-refractivity contribution in [3.8, 4) is 11.1 Å². The van der Waals surface area contributed by atoms with Gasteiger partial charge in [-0.15, -0.1) is 0 Å². The maximum atomic E-state index is 13.5. The van der Waals surface area contributed by atoms with Crippen LogP contribution in [-0.2, 0) is 6.54 Å². The Morgan fingerprint density at radius 1 is 0.839 bits per heavy atom. The van der Waals surface area contributed by atoms with E-state index >= 15 is 0 Å². The van der Waals surface area contributed by atoms with Gasteiger partial charge in [-0.25, -0.2) is 0 Å². The zero-order valence-electron chi connectivity index (χ0n) is 17.2. The summed E-state index contributed by atoms with van der Waals surface area (Å²) in [6, 6.07) is 22.3. The largest absolute Gasteiger partial charge is 0.300 e. The molecule has 0 fully saturated rings. The molecule has 4 nitrogen and oxygen atoms in total. The first-order chi connectivity index (χ1) is 14.9. The second kappa shape index (κ2) is 8.44. The fraction of sp³-hybridized carbons (Fsp3) is 0.115. The molecule has 0 N–H and O–H groups in total. The van der Waals surface area contributed by atoms with Crippen molar-refractivity contribution < 1.29 is 9.59 Å². The fourth-order valence-electron chi connectivity index (χ4n) is 3.86. The van der Waals surface area contributed by atoms with E-state index in [1.54, 1.807) is 22.8 Å². The smallest absolute Gasteiger partial charge is 0.259 e. The van der Waals surface area contributed by atoms with Crippen LogP contribution in [0.5, 0.6) is 0 Å². The number of ketones is 2. The van der Waals surface area contributed by atoms with Crippen LogP contribution in [0.25, 0.3) is 21.9 Å². The summed E-state index contributed by atoms with van der Waals surface area (Å²) in [4.78, 5) is 37.9. The van der Waals surface area contributed by atoms with Gasteiger partial charge in [0.05, 0.1) is 12.2 Å². The first-order valence-electron chi connectivity index (χ1n) is 9.89. The highest BCUT2D eigenvalue weighted by atomic mass is 79.9. The van der Waals surface area contributed by atoms with Gasteiger partial charge in [0.15, 0.2) is 11.6 Å². The Morgan fingerprint density at radius 3 is 2.13 bits per heavy atom. The van der Waals surface area contributed by atoms with Crippen molar-refractivity contribution in [3.63, 3.8) is 0 Å². The van der Waals surface area contributed by atoms with Crippen LogP contribution in [0.15, 0.2) is 82.1 Å². The number of hydrogen-bond acceptors (Lipinski definition) is 3. The van der Waals surface area contributed by atoms with E-state index in [4.69, 9.17) is 0 Å². The maximum Gasteiger partial charge on any atom is 0.259 e. The van der Waals surface area contributed by atoms with Crippen LogP contribution in [-0.4, -0.2) is 16.1 Å². The van der Waals surface area contributed by atoms with Crippen LogP contribution in [0.2, 0.25) is 0 Å². The maximum absolute atomic E-state index is 13.5. The standard InChI is InChI=1S/C26H20BrNO3/c1-16(29)19-10-8-18(9-11-19)15-28-25(17(2)30)24(20-6-4-3-5-7-20)23-14-21(27)12-13-22(23)26(28)31/h3-14H,15H2,1-2H3. The lowest BCUT2D eigenvalue weighted by atomic mass is 9.95. The van der Waals surface area contributed by atoms with E-state index in [0.29, 0.717) is 16.6 Å². The van der Waals surface area contributed by atoms with Crippen LogP contribution < -0.4 is 5.56 Å². The highest BCUT2D eigenvalue weighted by Crippen LogP contribution is 2.33. The van der Waals surface area contributed by atoms with E-state index in [0.717, 1.165) is 26.5 Å². The third-order valence-electron chi connectivity index (χ3n) is 5.33. The van der Waals surface area contributed by atoms with E-state index in [1.807, 2.05) is 54.6 Å². The number of rotatable bonds is 5. The highest BCUT2D eigenvalue weighted by Gasteiger charge is 2.21. The van der Waals surface area contributed by atoms with E-state index in [9.17, 15) is 14.4 Å². The lowest BCUT2D eigenvalue weighted by Crippen LogP contribution is -2.27. The molecule has 3 aromatic carbocycles. The first kappa shape index (κ1) is 20.9. The van der Waals surface area contributed by atoms with Crippen molar-refractivity contribution in [2.75, 3.05) is 0 Å². The van der Waals surface area contributed by atoms with Crippen LogP contribution in [0.4, 0.5) is 0 Å². The normalized spacial score (nSPS) is 10.9. The topological polar surface area (TPSA) is 56.1 Å². The van der Waals surface area contributed by atoms with Gasteiger partial charge in [-0.05, 0) is 41.6 Å². The van der Waals surface area contributed by atoms with Crippen molar-refractivity contribution in [2.24, 2.45) is 0 Å². The second-order valence-electron chi connectivity index (χ2n) is 7.48. The van der Waals surface area contributed by atoms with Gasteiger partial charge in [0.1, 0.15) is 0 Å². The van der Waals surface area contributed by atoms with E-state index in [1.165, 1.54) is 13.8 Å². The number of pyridine rings is 1. The van der Waals surface area contributed by atoms with Crippen LogP contribution in [0.3, 0.4) is 0 Å². The molecule has 0 spiro atoms. The molecule has 0 radical (unpaired) electrons. The molecule has 0 amide bonds. The number of hydrogen-bond donors (Lipinski definition) is 0. The van der Waals surface area contributed by atoms with Crippen molar-refractivity contribution in [1.29, 1.82) is 0 Å². The van der Waals surface area contributed by atoms with E-state index < -0.39 is 0 Å². The number of carbonyl (C=O) groups is 2. The molecule has 5 heteroatoms. The molecule has 1 heterocycles. The minimum Gasteiger partial charge on any atom is -0.300 e. The number of benzene rings is 3. The molecule has 4 aromatic rings. The van der Waals surface area contributed by atoms with Gasteiger partial charge in [-0.3, -0.25) is 19.0 Å². The first-order valence-corrected chi connectivity index (χ1v) is 10.7. The lowest BCUT2D eigenvalue weighted by Gasteiger charge is -2.19. The van der Waals surface area contributed by atoms with Crippen molar-refractivity contribution >= 4 is 38.3 Å². The number of halogens is 1. The Kier molecular flexibility index (Phi) is 5.70. The molecule has 0 aliphatic rings. The molecule has 154 valence electrons. The summed E-state index contributed by atoms with van der Waals surface area (Å²) in [6.07, 6.45) is 0. The lowest BCUT2D eigenvalue weighted by molar-refractivity contribution is 0.1000. The third-order valence-corrected chi connectivity index (χ3v) is 5.82. The molecule has 0 saturated carbocycles. The van der Waals surface area contributed by atoms with E-state index in [-0.39, 0.29) is 23.7 Å². The predicted molar refractivity (Wildman–Crippen MR) is 127 cm³/mol. The van der Waals surface area contributed by atoms with Gasteiger partial charge in [0, 0.05) is 27.9 Å². The average molecular weight is 474 g/mol. The van der Waals surface area contributed by atoms with Crippen molar-refractivity contribution in [3.05, 3.63) is 104 Å². The summed E-state index contributed by atoms with van der Waals surface area (Å²) < 4.78 is 2.38. The molecule has 4 rings (SSSR count). The molecular weight excluding hydrogens is 454 g/mol. The molecule has 0 aliphatic heterocycles. The van der Waals surface area contributed by atoms with Crippen LogP contribution in [0, 0.1) is 0 Å². The number of nitrogens with zero attached hydrogens (tertiary/aromatic N) is 1. The molecule has 31 heavy (non-hydrogen) atoms. The minimum absolute atomic E-state index is 0.0178. The Morgan fingerprint density at radius 2 is 1.52 bits per heavy atom. The Balaban J connectivity index is 2.03. The summed E-state index contributed by atoms with van der Waals surface area (Å²) >= 11 is 3.49.